The van der Waals surface area contributed by atoms with Gasteiger partial charge in [-0.05, 0) is 43.0 Å². The van der Waals surface area contributed by atoms with Crippen molar-refractivity contribution in [2.24, 2.45) is 0 Å². The molecule has 0 aliphatic carbocycles. The van der Waals surface area contributed by atoms with Crippen LogP contribution in [-0.4, -0.2) is 53.0 Å². The molecule has 1 N–H and O–H groups in total. The molecular formula is C26H31N5O2. The lowest BCUT2D eigenvalue weighted by molar-refractivity contribution is 0.0933. The molecule has 2 aromatic carbocycles. The fourth-order valence-corrected chi connectivity index (χ4v) is 4.71. The average molecular weight is 446 g/mol. The predicted molar refractivity (Wildman–Crippen MR) is 128 cm³/mol. The highest BCUT2D eigenvalue weighted by Crippen LogP contribution is 2.20. The van der Waals surface area contributed by atoms with Crippen LogP contribution in [-0.2, 0) is 30.5 Å². The van der Waals surface area contributed by atoms with Gasteiger partial charge in [-0.3, -0.25) is 4.79 Å². The Labute approximate surface area is 194 Å². The lowest BCUT2D eigenvalue weighted by atomic mass is 10.1. The monoisotopic (exact) mass is 445 g/mol. The Kier molecular flexibility index (Phi) is 6.67. The largest absolute Gasteiger partial charge is 0.378 e. The smallest absolute Gasteiger partial charge is 0.251 e. The molecule has 7 heteroatoms. The lowest BCUT2D eigenvalue weighted by Crippen LogP contribution is -2.37. The van der Waals surface area contributed by atoms with Crippen molar-refractivity contribution in [2.75, 3.05) is 31.2 Å². The van der Waals surface area contributed by atoms with Crippen LogP contribution in [0.1, 0.15) is 40.4 Å². The normalized spacial score (nSPS) is 18.4. The number of ether oxygens (including phenoxy) is 1. The van der Waals surface area contributed by atoms with Gasteiger partial charge in [0.05, 0.1) is 13.2 Å². The second kappa shape index (κ2) is 10.2. The SMILES string of the molecule is O=C(NC1CCc2nnc(CCc3ccccc3)n2CC1)c1cccc(N2CCOCC2)c1. The number of anilines is 1. The van der Waals surface area contributed by atoms with E-state index in [1.165, 1.54) is 5.56 Å². The van der Waals surface area contributed by atoms with Gasteiger partial charge in [0.2, 0.25) is 0 Å². The van der Waals surface area contributed by atoms with Crippen molar-refractivity contribution in [3.8, 4) is 0 Å². The lowest BCUT2D eigenvalue weighted by Gasteiger charge is -2.29. The maximum Gasteiger partial charge on any atom is 0.251 e. The first-order valence-corrected chi connectivity index (χ1v) is 11.9. The van der Waals surface area contributed by atoms with E-state index < -0.39 is 0 Å². The predicted octanol–water partition coefficient (Wildman–Crippen LogP) is 3.03. The van der Waals surface area contributed by atoms with E-state index in [2.05, 4.69) is 55.3 Å². The fourth-order valence-electron chi connectivity index (χ4n) is 4.71. The average Bonchev–Trinajstić information content (AvgIpc) is 3.16. The number of aromatic nitrogens is 3. The first-order valence-electron chi connectivity index (χ1n) is 11.9. The highest BCUT2D eigenvalue weighted by molar-refractivity contribution is 5.95. The third kappa shape index (κ3) is 5.25. The fraction of sp³-hybridized carbons (Fsp3) is 0.423. The van der Waals surface area contributed by atoms with E-state index in [0.717, 1.165) is 82.3 Å². The number of amides is 1. The minimum absolute atomic E-state index is 0.00271. The van der Waals surface area contributed by atoms with Crippen molar-refractivity contribution in [3.05, 3.63) is 77.4 Å². The van der Waals surface area contributed by atoms with Gasteiger partial charge in [-0.25, -0.2) is 0 Å². The Morgan fingerprint density at radius 2 is 1.82 bits per heavy atom. The molecule has 1 atom stereocenters. The molecule has 2 aliphatic rings. The molecule has 5 rings (SSSR count). The van der Waals surface area contributed by atoms with Gasteiger partial charge in [-0.15, -0.1) is 10.2 Å². The van der Waals surface area contributed by atoms with Gasteiger partial charge in [-0.1, -0.05) is 36.4 Å². The van der Waals surface area contributed by atoms with Gasteiger partial charge >= 0.3 is 0 Å². The number of nitrogens with zero attached hydrogens (tertiary/aromatic N) is 4. The molecule has 2 aliphatic heterocycles. The van der Waals surface area contributed by atoms with Gasteiger partial charge in [0.1, 0.15) is 11.6 Å². The summed E-state index contributed by atoms with van der Waals surface area (Å²) in [6.45, 7) is 4.02. The van der Waals surface area contributed by atoms with Crippen molar-refractivity contribution >= 4 is 11.6 Å². The van der Waals surface area contributed by atoms with Gasteiger partial charge in [0, 0.05) is 49.8 Å². The second-order valence-electron chi connectivity index (χ2n) is 8.82. The zero-order valence-electron chi connectivity index (χ0n) is 18.9. The maximum atomic E-state index is 13.0. The third-order valence-corrected chi connectivity index (χ3v) is 6.62. The van der Waals surface area contributed by atoms with Crippen LogP contribution < -0.4 is 10.2 Å². The summed E-state index contributed by atoms with van der Waals surface area (Å²) in [5, 5.41) is 12.2. The van der Waals surface area contributed by atoms with Crippen LogP contribution in [0.3, 0.4) is 0 Å². The number of rotatable bonds is 6. The van der Waals surface area contributed by atoms with Crippen molar-refractivity contribution in [2.45, 2.75) is 44.7 Å². The molecule has 3 aromatic rings. The van der Waals surface area contributed by atoms with E-state index >= 15 is 0 Å². The summed E-state index contributed by atoms with van der Waals surface area (Å²) in [5.74, 6) is 2.07. The molecule has 0 spiro atoms. The standard InChI is InChI=1S/C26H31N5O2/c32-26(21-7-4-8-23(19-21)30-15-17-33-18-16-30)27-22-10-12-25-29-28-24(31(25)14-13-22)11-9-20-5-2-1-3-6-20/h1-8,19,22H,9-18H2,(H,27,32). The van der Waals surface area contributed by atoms with Crippen molar-refractivity contribution in [3.63, 3.8) is 0 Å². The Balaban J connectivity index is 1.19. The minimum atomic E-state index is -0.00271. The van der Waals surface area contributed by atoms with Crippen LogP contribution in [0.25, 0.3) is 0 Å². The van der Waals surface area contributed by atoms with E-state index in [1.54, 1.807) is 0 Å². The van der Waals surface area contributed by atoms with Gasteiger partial charge in [-0.2, -0.15) is 0 Å². The van der Waals surface area contributed by atoms with Crippen LogP contribution >= 0.6 is 0 Å². The first-order chi connectivity index (χ1) is 16.3. The van der Waals surface area contributed by atoms with Crippen LogP contribution in [0.15, 0.2) is 54.6 Å². The maximum absolute atomic E-state index is 13.0. The van der Waals surface area contributed by atoms with Gasteiger partial charge in [0.15, 0.2) is 0 Å². The van der Waals surface area contributed by atoms with Crippen LogP contribution in [0.5, 0.6) is 0 Å². The number of carbonyl (C=O) groups is 1. The molecule has 1 amide bonds. The molecular weight excluding hydrogens is 414 g/mol. The Morgan fingerprint density at radius 1 is 0.970 bits per heavy atom. The van der Waals surface area contributed by atoms with E-state index in [0.29, 0.717) is 5.56 Å². The second-order valence-corrected chi connectivity index (χ2v) is 8.82. The molecule has 172 valence electrons. The van der Waals surface area contributed by atoms with E-state index in [9.17, 15) is 4.79 Å². The summed E-state index contributed by atoms with van der Waals surface area (Å²) in [4.78, 5) is 15.3. The Bertz CT molecular complexity index is 1080. The summed E-state index contributed by atoms with van der Waals surface area (Å²) in [6.07, 6.45) is 4.43. The summed E-state index contributed by atoms with van der Waals surface area (Å²) in [7, 11) is 0. The van der Waals surface area contributed by atoms with E-state index in [4.69, 9.17) is 4.74 Å². The first kappa shape index (κ1) is 21.6. The summed E-state index contributed by atoms with van der Waals surface area (Å²) < 4.78 is 7.70. The molecule has 0 radical (unpaired) electrons. The molecule has 0 bridgehead atoms. The van der Waals surface area contributed by atoms with Gasteiger partial charge in [0.25, 0.3) is 5.91 Å². The topological polar surface area (TPSA) is 72.3 Å². The number of morpholine rings is 1. The van der Waals surface area contributed by atoms with Crippen molar-refractivity contribution in [1.82, 2.24) is 20.1 Å². The Morgan fingerprint density at radius 3 is 2.67 bits per heavy atom. The number of nitrogens with one attached hydrogen (secondary N) is 1. The zero-order chi connectivity index (χ0) is 22.5. The van der Waals surface area contributed by atoms with E-state index in [-0.39, 0.29) is 11.9 Å². The summed E-state index contributed by atoms with van der Waals surface area (Å²) >= 11 is 0. The highest BCUT2D eigenvalue weighted by atomic mass is 16.5. The molecule has 33 heavy (non-hydrogen) atoms. The molecule has 1 aromatic heterocycles. The number of benzene rings is 2. The third-order valence-electron chi connectivity index (χ3n) is 6.62. The van der Waals surface area contributed by atoms with Crippen molar-refractivity contribution in [1.29, 1.82) is 0 Å². The molecule has 1 unspecified atom stereocenters. The zero-order valence-corrected chi connectivity index (χ0v) is 18.9. The molecule has 7 nitrogen and oxygen atoms in total. The summed E-state index contributed by atoms with van der Waals surface area (Å²) in [6, 6.07) is 18.5. The van der Waals surface area contributed by atoms with Crippen molar-refractivity contribution < 1.29 is 9.53 Å². The van der Waals surface area contributed by atoms with Gasteiger partial charge < -0.3 is 19.5 Å². The molecule has 0 saturated carbocycles. The van der Waals surface area contributed by atoms with Crippen LogP contribution in [0.4, 0.5) is 5.69 Å². The van der Waals surface area contributed by atoms with E-state index in [1.807, 2.05) is 24.3 Å². The molecule has 3 heterocycles. The van der Waals surface area contributed by atoms with Crippen LogP contribution in [0.2, 0.25) is 0 Å². The number of aryl methyl sites for hydroxylation is 3. The molecule has 1 saturated heterocycles. The Hall–Kier alpha value is -3.19. The highest BCUT2D eigenvalue weighted by Gasteiger charge is 2.22. The number of carbonyl (C=O) groups excluding carboxylic acids is 1. The quantitative estimate of drug-likeness (QED) is 0.632. The number of fused-ring (bicyclic) bond motifs is 1. The minimum Gasteiger partial charge on any atom is -0.378 e. The number of hydrogen-bond acceptors (Lipinski definition) is 5. The molecule has 1 fully saturated rings. The number of hydrogen-bond donors (Lipinski definition) is 1. The summed E-state index contributed by atoms with van der Waals surface area (Å²) in [5.41, 5.74) is 3.11. The van der Waals surface area contributed by atoms with Crippen LogP contribution in [0, 0.1) is 0 Å².